The Hall–Kier alpha value is -1.35. The van der Waals surface area contributed by atoms with Gasteiger partial charge in [0.05, 0.1) is 13.2 Å². The minimum absolute atomic E-state index is 0.127. The average Bonchev–Trinajstić information content (AvgIpc) is 2.45. The van der Waals surface area contributed by atoms with E-state index in [9.17, 15) is 10.2 Å². The first-order valence-corrected chi connectivity index (χ1v) is 7.01. The number of hydrogen-bond acceptors (Lipinski definition) is 2. The van der Waals surface area contributed by atoms with Gasteiger partial charge in [-0.15, -0.1) is 0 Å². The summed E-state index contributed by atoms with van der Waals surface area (Å²) in [7, 11) is 0. The molecule has 0 aliphatic heterocycles. The Labute approximate surface area is 124 Å². The summed E-state index contributed by atoms with van der Waals surface area (Å²) in [4.78, 5) is 0. The molecule has 2 nitrogen and oxygen atoms in total. The van der Waals surface area contributed by atoms with Crippen molar-refractivity contribution in [2.24, 2.45) is 0 Å². The predicted molar refractivity (Wildman–Crippen MR) is 82.2 cm³/mol. The van der Waals surface area contributed by atoms with Gasteiger partial charge in [-0.05, 0) is 36.6 Å². The Morgan fingerprint density at radius 2 is 1.70 bits per heavy atom. The van der Waals surface area contributed by atoms with Crippen LogP contribution in [0.3, 0.4) is 0 Å². The zero-order valence-electron chi connectivity index (χ0n) is 11.5. The van der Waals surface area contributed by atoms with Crippen LogP contribution in [0.5, 0.6) is 0 Å². The highest BCUT2D eigenvalue weighted by Gasteiger charge is 2.31. The van der Waals surface area contributed by atoms with Gasteiger partial charge >= 0.3 is 0 Å². The lowest BCUT2D eigenvalue weighted by Crippen LogP contribution is -2.37. The predicted octanol–water partition coefficient (Wildman–Crippen LogP) is 3.11. The molecule has 0 spiro atoms. The highest BCUT2D eigenvalue weighted by atomic mass is 35.5. The first-order valence-electron chi connectivity index (χ1n) is 6.63. The second-order valence-electron chi connectivity index (χ2n) is 5.27. The highest BCUT2D eigenvalue weighted by Crippen LogP contribution is 2.30. The van der Waals surface area contributed by atoms with Crippen LogP contribution in [0.25, 0.3) is 0 Å². The van der Waals surface area contributed by atoms with Gasteiger partial charge in [0.25, 0.3) is 0 Å². The number of aryl methyl sites for hydroxylation is 1. The van der Waals surface area contributed by atoms with Crippen molar-refractivity contribution in [1.82, 2.24) is 0 Å². The minimum Gasteiger partial charge on any atom is -0.395 e. The first-order chi connectivity index (χ1) is 9.59. The van der Waals surface area contributed by atoms with Crippen LogP contribution >= 0.6 is 11.6 Å². The Balaban J connectivity index is 2.39. The largest absolute Gasteiger partial charge is 0.395 e. The van der Waals surface area contributed by atoms with Gasteiger partial charge in [0.15, 0.2) is 0 Å². The SMILES string of the molecule is Cc1cccc(CC(CO)(CO)c2cccc(Cl)c2)c1. The number of rotatable bonds is 5. The second-order valence-corrected chi connectivity index (χ2v) is 5.71. The Kier molecular flexibility index (Phi) is 4.81. The van der Waals surface area contributed by atoms with E-state index in [-0.39, 0.29) is 13.2 Å². The van der Waals surface area contributed by atoms with E-state index in [0.29, 0.717) is 11.4 Å². The monoisotopic (exact) mass is 290 g/mol. The van der Waals surface area contributed by atoms with Crippen LogP contribution < -0.4 is 0 Å². The fraction of sp³-hybridized carbons (Fsp3) is 0.294. The Morgan fingerprint density at radius 1 is 1.00 bits per heavy atom. The molecular formula is C17H19ClO2. The van der Waals surface area contributed by atoms with Crippen LogP contribution in [-0.2, 0) is 11.8 Å². The summed E-state index contributed by atoms with van der Waals surface area (Å²) in [5.41, 5.74) is 2.40. The molecular weight excluding hydrogens is 272 g/mol. The van der Waals surface area contributed by atoms with Crippen molar-refractivity contribution in [2.75, 3.05) is 13.2 Å². The van der Waals surface area contributed by atoms with E-state index in [0.717, 1.165) is 11.1 Å². The molecule has 0 aromatic heterocycles. The van der Waals surface area contributed by atoms with E-state index in [4.69, 9.17) is 11.6 Å². The van der Waals surface area contributed by atoms with Gasteiger partial charge in [0.1, 0.15) is 0 Å². The molecule has 0 unspecified atom stereocenters. The van der Waals surface area contributed by atoms with Crippen molar-refractivity contribution in [3.05, 3.63) is 70.2 Å². The topological polar surface area (TPSA) is 40.5 Å². The van der Waals surface area contributed by atoms with Crippen molar-refractivity contribution < 1.29 is 10.2 Å². The van der Waals surface area contributed by atoms with Gasteiger partial charge in [-0.1, -0.05) is 53.6 Å². The molecule has 2 N–H and O–H groups in total. The van der Waals surface area contributed by atoms with Gasteiger partial charge in [-0.25, -0.2) is 0 Å². The molecule has 0 atom stereocenters. The molecule has 3 heteroatoms. The number of hydrogen-bond donors (Lipinski definition) is 2. The van der Waals surface area contributed by atoms with Gasteiger partial charge < -0.3 is 10.2 Å². The van der Waals surface area contributed by atoms with Crippen LogP contribution in [0.1, 0.15) is 16.7 Å². The molecule has 106 valence electrons. The summed E-state index contributed by atoms with van der Waals surface area (Å²) in [5, 5.41) is 20.3. The summed E-state index contributed by atoms with van der Waals surface area (Å²) >= 11 is 6.03. The standard InChI is InChI=1S/C17H19ClO2/c1-13-4-2-5-14(8-13)10-17(11-19,12-20)15-6-3-7-16(18)9-15/h2-9,19-20H,10-12H2,1H3. The fourth-order valence-corrected chi connectivity index (χ4v) is 2.67. The zero-order valence-corrected chi connectivity index (χ0v) is 12.3. The maximum atomic E-state index is 9.85. The van der Waals surface area contributed by atoms with Gasteiger partial charge in [-0.2, -0.15) is 0 Å². The highest BCUT2D eigenvalue weighted by molar-refractivity contribution is 6.30. The first kappa shape index (κ1) is 15.0. The van der Waals surface area contributed by atoms with Crippen LogP contribution in [0.4, 0.5) is 0 Å². The quantitative estimate of drug-likeness (QED) is 0.888. The van der Waals surface area contributed by atoms with Gasteiger partial charge in [0.2, 0.25) is 0 Å². The van der Waals surface area contributed by atoms with E-state index in [1.807, 2.05) is 43.3 Å². The lowest BCUT2D eigenvalue weighted by Gasteiger charge is -2.31. The maximum Gasteiger partial charge on any atom is 0.0553 e. The number of halogens is 1. The summed E-state index contributed by atoms with van der Waals surface area (Å²) in [6.07, 6.45) is 0.571. The molecule has 0 saturated heterocycles. The number of aliphatic hydroxyl groups excluding tert-OH is 2. The third kappa shape index (κ3) is 3.21. The third-order valence-electron chi connectivity index (χ3n) is 3.67. The normalized spacial score (nSPS) is 11.6. The lowest BCUT2D eigenvalue weighted by molar-refractivity contribution is 0.116. The molecule has 2 rings (SSSR count). The van der Waals surface area contributed by atoms with E-state index in [2.05, 4.69) is 6.07 Å². The second kappa shape index (κ2) is 6.40. The number of benzene rings is 2. The molecule has 0 radical (unpaired) electrons. The molecule has 0 bridgehead atoms. The third-order valence-corrected chi connectivity index (χ3v) is 3.90. The van der Waals surface area contributed by atoms with Crippen LogP contribution in [-0.4, -0.2) is 23.4 Å². The van der Waals surface area contributed by atoms with E-state index < -0.39 is 5.41 Å². The molecule has 0 aliphatic carbocycles. The van der Waals surface area contributed by atoms with Crippen molar-refractivity contribution in [1.29, 1.82) is 0 Å². The fourth-order valence-electron chi connectivity index (χ4n) is 2.48. The average molecular weight is 291 g/mol. The van der Waals surface area contributed by atoms with Crippen molar-refractivity contribution in [2.45, 2.75) is 18.8 Å². The molecule has 2 aromatic rings. The van der Waals surface area contributed by atoms with E-state index in [1.165, 1.54) is 5.56 Å². The van der Waals surface area contributed by atoms with Crippen molar-refractivity contribution in [3.8, 4) is 0 Å². The van der Waals surface area contributed by atoms with Gasteiger partial charge in [-0.3, -0.25) is 0 Å². The zero-order chi connectivity index (χ0) is 14.6. The van der Waals surface area contributed by atoms with Gasteiger partial charge in [0, 0.05) is 10.4 Å². The molecule has 2 aromatic carbocycles. The summed E-state index contributed by atoms with van der Waals surface area (Å²) in [6, 6.07) is 15.4. The van der Waals surface area contributed by atoms with E-state index >= 15 is 0 Å². The van der Waals surface area contributed by atoms with Crippen molar-refractivity contribution in [3.63, 3.8) is 0 Å². The molecule has 0 heterocycles. The molecule has 20 heavy (non-hydrogen) atoms. The molecule has 0 fully saturated rings. The van der Waals surface area contributed by atoms with E-state index in [1.54, 1.807) is 6.07 Å². The summed E-state index contributed by atoms with van der Waals surface area (Å²) in [6.45, 7) is 1.78. The lowest BCUT2D eigenvalue weighted by atomic mass is 9.76. The molecule has 0 aliphatic rings. The molecule has 0 amide bonds. The summed E-state index contributed by atoms with van der Waals surface area (Å²) in [5.74, 6) is 0. The number of aliphatic hydroxyl groups is 2. The molecule has 0 saturated carbocycles. The van der Waals surface area contributed by atoms with Crippen LogP contribution in [0.15, 0.2) is 48.5 Å². The van der Waals surface area contributed by atoms with Crippen LogP contribution in [0.2, 0.25) is 5.02 Å². The minimum atomic E-state index is -0.710. The van der Waals surface area contributed by atoms with Crippen molar-refractivity contribution >= 4 is 11.6 Å². The maximum absolute atomic E-state index is 9.85. The summed E-state index contributed by atoms with van der Waals surface area (Å²) < 4.78 is 0. The Bertz CT molecular complexity index is 577. The Morgan fingerprint density at radius 3 is 2.30 bits per heavy atom. The van der Waals surface area contributed by atoms with Crippen LogP contribution in [0, 0.1) is 6.92 Å². The smallest absolute Gasteiger partial charge is 0.0553 e.